The number of benzene rings is 1. The van der Waals surface area contributed by atoms with E-state index in [1.54, 1.807) is 41.2 Å². The number of piperidine rings is 1. The number of hydrogen-bond donors (Lipinski definition) is 3. The zero-order valence-corrected chi connectivity index (χ0v) is 19.7. The Balaban J connectivity index is 1.58. The van der Waals surface area contributed by atoms with Crippen LogP contribution in [0, 0.1) is 0 Å². The number of likely N-dealkylation sites (tertiary alicyclic amines) is 1. The van der Waals surface area contributed by atoms with Crippen molar-refractivity contribution in [2.75, 3.05) is 18.4 Å². The van der Waals surface area contributed by atoms with Gasteiger partial charge in [-0.15, -0.1) is 0 Å². The van der Waals surface area contributed by atoms with Crippen LogP contribution in [-0.2, 0) is 17.4 Å². The van der Waals surface area contributed by atoms with E-state index in [9.17, 15) is 22.8 Å². The molecule has 13 heteroatoms. The number of anilines is 2. The molecular formula is C24H26F3N7O3. The second-order valence-corrected chi connectivity index (χ2v) is 8.88. The summed E-state index contributed by atoms with van der Waals surface area (Å²) in [6, 6.07) is 8.82. The number of aromatic nitrogens is 4. The lowest BCUT2D eigenvalue weighted by atomic mass is 9.90. The standard InChI is InChI=1S/C24H26F3N7O3/c25-24(26,27)19-13-29-22(32-21(19)16(11-20(28)35)10-15-4-2-1-3-5-15)31-17-12-30-34(14-17)18-6-8-33(9-7-18)23(36)37/h1-5,12-14,16,18H,6-11H2,(H2,28,35)(H,36,37)(H,29,31,32). The van der Waals surface area contributed by atoms with Gasteiger partial charge in [0.2, 0.25) is 11.9 Å². The van der Waals surface area contributed by atoms with Crippen molar-refractivity contribution in [2.24, 2.45) is 5.73 Å². The van der Waals surface area contributed by atoms with Gasteiger partial charge in [-0.3, -0.25) is 9.48 Å². The predicted octanol–water partition coefficient (Wildman–Crippen LogP) is 3.95. The van der Waals surface area contributed by atoms with E-state index in [1.165, 1.54) is 11.1 Å². The van der Waals surface area contributed by atoms with Crippen LogP contribution in [0.3, 0.4) is 0 Å². The van der Waals surface area contributed by atoms with Crippen molar-refractivity contribution in [3.8, 4) is 0 Å². The molecule has 1 atom stereocenters. The minimum absolute atomic E-state index is 0.0129. The Hall–Kier alpha value is -4.16. The molecule has 2 amide bonds. The number of rotatable bonds is 8. The maximum Gasteiger partial charge on any atom is 0.419 e. The van der Waals surface area contributed by atoms with Crippen molar-refractivity contribution < 1.29 is 27.9 Å². The van der Waals surface area contributed by atoms with Crippen LogP contribution < -0.4 is 11.1 Å². The lowest BCUT2D eigenvalue weighted by Gasteiger charge is -2.29. The van der Waals surface area contributed by atoms with Crippen molar-refractivity contribution >= 4 is 23.6 Å². The molecule has 3 heterocycles. The first-order valence-electron chi connectivity index (χ1n) is 11.7. The van der Waals surface area contributed by atoms with Gasteiger partial charge in [0.1, 0.15) is 0 Å². The van der Waals surface area contributed by atoms with Gasteiger partial charge < -0.3 is 21.1 Å². The van der Waals surface area contributed by atoms with E-state index in [1.807, 2.05) is 0 Å². The molecule has 0 spiro atoms. The smallest absolute Gasteiger partial charge is 0.419 e. The molecule has 1 saturated heterocycles. The van der Waals surface area contributed by atoms with Crippen LogP contribution >= 0.6 is 0 Å². The second-order valence-electron chi connectivity index (χ2n) is 8.88. The van der Waals surface area contributed by atoms with Crippen LogP contribution in [0.15, 0.2) is 48.9 Å². The Kier molecular flexibility index (Phi) is 7.60. The highest BCUT2D eigenvalue weighted by Gasteiger charge is 2.37. The van der Waals surface area contributed by atoms with E-state index in [0.717, 1.165) is 5.56 Å². The monoisotopic (exact) mass is 517 g/mol. The molecule has 1 aromatic carbocycles. The third kappa shape index (κ3) is 6.54. The highest BCUT2D eigenvalue weighted by atomic mass is 19.4. The van der Waals surface area contributed by atoms with Gasteiger partial charge in [-0.05, 0) is 24.8 Å². The van der Waals surface area contributed by atoms with Crippen LogP contribution in [0.4, 0.5) is 29.6 Å². The fourth-order valence-corrected chi connectivity index (χ4v) is 4.44. The van der Waals surface area contributed by atoms with Gasteiger partial charge in [0, 0.05) is 37.8 Å². The van der Waals surface area contributed by atoms with E-state index in [4.69, 9.17) is 10.8 Å². The molecule has 1 aliphatic heterocycles. The molecule has 196 valence electrons. The maximum atomic E-state index is 13.9. The Bertz CT molecular complexity index is 1240. The molecule has 0 aliphatic carbocycles. The number of carbonyl (C=O) groups excluding carboxylic acids is 1. The third-order valence-corrected chi connectivity index (χ3v) is 6.25. The van der Waals surface area contributed by atoms with Crippen LogP contribution in [-0.4, -0.2) is 54.8 Å². The number of nitrogens with zero attached hydrogens (tertiary/aromatic N) is 5. The van der Waals surface area contributed by atoms with Gasteiger partial charge in [0.15, 0.2) is 0 Å². The number of nitrogens with one attached hydrogen (secondary N) is 1. The predicted molar refractivity (Wildman–Crippen MR) is 127 cm³/mol. The number of amides is 2. The Morgan fingerprint density at radius 2 is 1.86 bits per heavy atom. The second kappa shape index (κ2) is 10.8. The van der Waals surface area contributed by atoms with Crippen LogP contribution in [0.25, 0.3) is 0 Å². The van der Waals surface area contributed by atoms with Crippen molar-refractivity contribution in [2.45, 2.75) is 43.8 Å². The zero-order chi connectivity index (χ0) is 26.6. The van der Waals surface area contributed by atoms with E-state index >= 15 is 0 Å². The summed E-state index contributed by atoms with van der Waals surface area (Å²) in [6.45, 7) is 0.771. The normalized spacial score (nSPS) is 15.4. The summed E-state index contributed by atoms with van der Waals surface area (Å²) in [6.07, 6.45) is -0.824. The zero-order valence-electron chi connectivity index (χ0n) is 19.7. The minimum Gasteiger partial charge on any atom is -0.465 e. The fourth-order valence-electron chi connectivity index (χ4n) is 4.44. The Labute approximate surface area is 210 Å². The summed E-state index contributed by atoms with van der Waals surface area (Å²) >= 11 is 0. The highest BCUT2D eigenvalue weighted by Crippen LogP contribution is 2.37. The molecule has 10 nitrogen and oxygen atoms in total. The summed E-state index contributed by atoms with van der Waals surface area (Å²) in [5, 5.41) is 16.3. The molecule has 37 heavy (non-hydrogen) atoms. The topological polar surface area (TPSA) is 139 Å². The summed E-state index contributed by atoms with van der Waals surface area (Å²) in [7, 11) is 0. The average molecular weight is 518 g/mol. The molecule has 4 rings (SSSR count). The number of halogens is 3. The van der Waals surface area contributed by atoms with E-state index in [0.29, 0.717) is 37.8 Å². The third-order valence-electron chi connectivity index (χ3n) is 6.25. The van der Waals surface area contributed by atoms with Crippen LogP contribution in [0.1, 0.15) is 48.0 Å². The van der Waals surface area contributed by atoms with Gasteiger partial charge in [-0.2, -0.15) is 18.3 Å². The molecule has 0 bridgehead atoms. The molecule has 3 aromatic rings. The summed E-state index contributed by atoms with van der Waals surface area (Å²) in [4.78, 5) is 32.2. The molecule has 2 aromatic heterocycles. The Morgan fingerprint density at radius 3 is 2.49 bits per heavy atom. The van der Waals surface area contributed by atoms with Gasteiger partial charge in [0.05, 0.1) is 29.2 Å². The van der Waals surface area contributed by atoms with Crippen molar-refractivity contribution in [3.05, 3.63) is 65.7 Å². The van der Waals surface area contributed by atoms with E-state index in [-0.39, 0.29) is 30.5 Å². The van der Waals surface area contributed by atoms with Crippen molar-refractivity contribution in [1.29, 1.82) is 0 Å². The van der Waals surface area contributed by atoms with Gasteiger partial charge in [-0.25, -0.2) is 14.8 Å². The number of alkyl halides is 3. The van der Waals surface area contributed by atoms with Gasteiger partial charge >= 0.3 is 12.3 Å². The van der Waals surface area contributed by atoms with E-state index in [2.05, 4.69) is 20.4 Å². The van der Waals surface area contributed by atoms with Gasteiger partial charge in [-0.1, -0.05) is 30.3 Å². The molecule has 0 saturated carbocycles. The summed E-state index contributed by atoms with van der Waals surface area (Å²) < 4.78 is 43.3. The quantitative estimate of drug-likeness (QED) is 0.411. The minimum atomic E-state index is -4.73. The fraction of sp³-hybridized carbons (Fsp3) is 0.375. The average Bonchev–Trinajstić information content (AvgIpc) is 3.32. The molecular weight excluding hydrogens is 491 g/mol. The van der Waals surface area contributed by atoms with Crippen LogP contribution in [0.5, 0.6) is 0 Å². The number of hydrogen-bond acceptors (Lipinski definition) is 6. The highest BCUT2D eigenvalue weighted by molar-refractivity contribution is 5.75. The molecule has 1 aliphatic rings. The number of carboxylic acid groups (broad SMARTS) is 1. The first kappa shape index (κ1) is 25.9. The maximum absolute atomic E-state index is 13.9. The van der Waals surface area contributed by atoms with Gasteiger partial charge in [0.25, 0.3) is 0 Å². The lowest BCUT2D eigenvalue weighted by molar-refractivity contribution is -0.139. The summed E-state index contributed by atoms with van der Waals surface area (Å²) in [5.41, 5.74) is 5.23. The molecule has 1 fully saturated rings. The molecule has 0 radical (unpaired) electrons. The van der Waals surface area contributed by atoms with Crippen molar-refractivity contribution in [1.82, 2.24) is 24.6 Å². The van der Waals surface area contributed by atoms with Crippen LogP contribution in [0.2, 0.25) is 0 Å². The number of carbonyl (C=O) groups is 2. The number of primary amides is 1. The summed E-state index contributed by atoms with van der Waals surface area (Å²) in [5.74, 6) is -1.73. The number of nitrogens with two attached hydrogens (primary N) is 1. The molecule has 1 unspecified atom stereocenters. The van der Waals surface area contributed by atoms with E-state index < -0.39 is 29.7 Å². The SMILES string of the molecule is NC(=O)CC(Cc1ccccc1)c1nc(Nc2cnn(C3CCN(C(=O)O)CC3)c2)ncc1C(F)(F)F. The lowest BCUT2D eigenvalue weighted by Crippen LogP contribution is -2.38. The molecule has 4 N–H and O–H groups in total. The largest absolute Gasteiger partial charge is 0.465 e. The van der Waals surface area contributed by atoms with Crippen molar-refractivity contribution in [3.63, 3.8) is 0 Å². The first-order valence-corrected chi connectivity index (χ1v) is 11.7. The Morgan fingerprint density at radius 1 is 1.16 bits per heavy atom. The first-order chi connectivity index (χ1) is 17.6.